The van der Waals surface area contributed by atoms with E-state index in [1.54, 1.807) is 0 Å². The standard InChI is InChI=1S/C8H7BrF2N2O2/c9-7-4(12)1-3(8(10)11)5(13-7)2-6(14)15/h1,8H,2,12H2,(H,14,15). The fourth-order valence-corrected chi connectivity index (χ4v) is 1.36. The van der Waals surface area contributed by atoms with Crippen LogP contribution in [0.3, 0.4) is 0 Å². The first kappa shape index (κ1) is 11.8. The summed E-state index contributed by atoms with van der Waals surface area (Å²) < 4.78 is 25.1. The Hall–Kier alpha value is -1.24. The summed E-state index contributed by atoms with van der Waals surface area (Å²) in [6, 6.07) is 1.03. The lowest BCUT2D eigenvalue weighted by Gasteiger charge is -2.08. The normalized spacial score (nSPS) is 10.7. The van der Waals surface area contributed by atoms with Gasteiger partial charge in [-0.15, -0.1) is 0 Å². The third-order valence-corrected chi connectivity index (χ3v) is 2.30. The maximum Gasteiger partial charge on any atom is 0.309 e. The zero-order chi connectivity index (χ0) is 11.6. The molecule has 1 heterocycles. The van der Waals surface area contributed by atoms with E-state index in [2.05, 4.69) is 20.9 Å². The molecule has 0 unspecified atom stereocenters. The van der Waals surface area contributed by atoms with Crippen LogP contribution in [0.4, 0.5) is 14.5 Å². The van der Waals surface area contributed by atoms with Crippen LogP contribution in [-0.4, -0.2) is 16.1 Å². The van der Waals surface area contributed by atoms with Crippen LogP contribution in [0.25, 0.3) is 0 Å². The van der Waals surface area contributed by atoms with Gasteiger partial charge in [0.2, 0.25) is 0 Å². The fourth-order valence-electron chi connectivity index (χ4n) is 1.03. The smallest absolute Gasteiger partial charge is 0.309 e. The van der Waals surface area contributed by atoms with E-state index in [1.807, 2.05) is 0 Å². The van der Waals surface area contributed by atoms with E-state index in [9.17, 15) is 13.6 Å². The van der Waals surface area contributed by atoms with Crippen LogP contribution in [0, 0.1) is 0 Å². The number of alkyl halides is 2. The molecule has 1 aromatic rings. The molecular formula is C8H7BrF2N2O2. The van der Waals surface area contributed by atoms with Crippen molar-refractivity contribution in [2.75, 3.05) is 5.73 Å². The highest BCUT2D eigenvalue weighted by Crippen LogP contribution is 2.28. The lowest BCUT2D eigenvalue weighted by Crippen LogP contribution is -2.08. The summed E-state index contributed by atoms with van der Waals surface area (Å²) in [6.07, 6.45) is -3.35. The van der Waals surface area contributed by atoms with E-state index >= 15 is 0 Å². The molecule has 1 aromatic heterocycles. The highest BCUT2D eigenvalue weighted by atomic mass is 79.9. The molecule has 0 saturated heterocycles. The number of anilines is 1. The molecule has 0 amide bonds. The second-order valence-electron chi connectivity index (χ2n) is 2.78. The summed E-state index contributed by atoms with van der Waals surface area (Å²) in [5, 5.41) is 8.50. The summed E-state index contributed by atoms with van der Waals surface area (Å²) in [5.41, 5.74) is 4.79. The first-order valence-electron chi connectivity index (χ1n) is 3.86. The maximum absolute atomic E-state index is 12.5. The molecule has 82 valence electrons. The predicted molar refractivity (Wildman–Crippen MR) is 52.6 cm³/mol. The Kier molecular flexibility index (Phi) is 3.57. The zero-order valence-corrected chi connectivity index (χ0v) is 8.96. The molecule has 0 fully saturated rings. The van der Waals surface area contributed by atoms with Gasteiger partial charge in [-0.05, 0) is 22.0 Å². The Morgan fingerprint density at radius 1 is 1.67 bits per heavy atom. The topological polar surface area (TPSA) is 76.2 Å². The van der Waals surface area contributed by atoms with Crippen LogP contribution in [-0.2, 0) is 11.2 Å². The zero-order valence-electron chi connectivity index (χ0n) is 7.38. The predicted octanol–water partition coefficient (Wildman–Crippen LogP) is 1.99. The van der Waals surface area contributed by atoms with Gasteiger partial charge < -0.3 is 10.8 Å². The number of aromatic nitrogens is 1. The van der Waals surface area contributed by atoms with Gasteiger partial charge in [0.05, 0.1) is 17.8 Å². The molecule has 4 nitrogen and oxygen atoms in total. The molecule has 0 spiro atoms. The minimum Gasteiger partial charge on any atom is -0.481 e. The van der Waals surface area contributed by atoms with Crippen LogP contribution in [0.1, 0.15) is 17.7 Å². The van der Waals surface area contributed by atoms with Gasteiger partial charge in [0.15, 0.2) is 0 Å². The number of nitrogen functional groups attached to an aromatic ring is 1. The van der Waals surface area contributed by atoms with E-state index in [0.29, 0.717) is 0 Å². The second-order valence-corrected chi connectivity index (χ2v) is 3.53. The summed E-state index contributed by atoms with van der Waals surface area (Å²) in [4.78, 5) is 14.1. The van der Waals surface area contributed by atoms with Gasteiger partial charge >= 0.3 is 5.97 Å². The Morgan fingerprint density at radius 3 is 2.73 bits per heavy atom. The molecule has 0 aliphatic heterocycles. The van der Waals surface area contributed by atoms with Crippen molar-refractivity contribution >= 4 is 27.6 Å². The SMILES string of the molecule is Nc1cc(C(F)F)c(CC(=O)O)nc1Br. The van der Waals surface area contributed by atoms with Crippen molar-refractivity contribution in [3.05, 3.63) is 21.9 Å². The van der Waals surface area contributed by atoms with Gasteiger partial charge in [0, 0.05) is 5.56 Å². The van der Waals surface area contributed by atoms with Crippen molar-refractivity contribution in [3.63, 3.8) is 0 Å². The molecule has 0 radical (unpaired) electrons. The number of carbonyl (C=O) groups is 1. The van der Waals surface area contributed by atoms with E-state index in [4.69, 9.17) is 10.8 Å². The van der Waals surface area contributed by atoms with Gasteiger partial charge in [-0.2, -0.15) is 0 Å². The average molecular weight is 281 g/mol. The Bertz CT molecular complexity index is 398. The van der Waals surface area contributed by atoms with Crippen molar-refractivity contribution in [1.82, 2.24) is 4.98 Å². The number of aliphatic carboxylic acids is 1. The molecule has 0 aromatic carbocycles. The molecule has 1 rings (SSSR count). The quantitative estimate of drug-likeness (QED) is 0.831. The van der Waals surface area contributed by atoms with Gasteiger partial charge in [-0.1, -0.05) is 0 Å². The molecule has 0 saturated carbocycles. The number of hydrogen-bond donors (Lipinski definition) is 2. The number of rotatable bonds is 3. The largest absolute Gasteiger partial charge is 0.481 e. The number of carboxylic acids is 1. The van der Waals surface area contributed by atoms with Gasteiger partial charge in [0.25, 0.3) is 6.43 Å². The van der Waals surface area contributed by atoms with Crippen molar-refractivity contribution in [2.24, 2.45) is 0 Å². The Balaban J connectivity index is 3.21. The van der Waals surface area contributed by atoms with E-state index in [1.165, 1.54) is 0 Å². The van der Waals surface area contributed by atoms with Gasteiger partial charge in [-0.3, -0.25) is 4.79 Å². The molecular weight excluding hydrogens is 274 g/mol. The first-order chi connectivity index (χ1) is 6.91. The minimum atomic E-state index is -2.79. The fraction of sp³-hybridized carbons (Fsp3) is 0.250. The van der Waals surface area contributed by atoms with Crippen LogP contribution in [0.2, 0.25) is 0 Å². The van der Waals surface area contributed by atoms with Crippen LogP contribution < -0.4 is 5.73 Å². The third kappa shape index (κ3) is 2.85. The number of nitrogens with two attached hydrogens (primary N) is 1. The summed E-state index contributed by atoms with van der Waals surface area (Å²) in [5.74, 6) is -1.22. The molecule has 15 heavy (non-hydrogen) atoms. The molecule has 0 aliphatic rings. The minimum absolute atomic E-state index is 0.0550. The first-order valence-corrected chi connectivity index (χ1v) is 4.66. The highest BCUT2D eigenvalue weighted by molar-refractivity contribution is 9.10. The van der Waals surface area contributed by atoms with Crippen LogP contribution in [0.5, 0.6) is 0 Å². The molecule has 0 atom stereocenters. The van der Waals surface area contributed by atoms with E-state index in [-0.39, 0.29) is 16.0 Å². The van der Waals surface area contributed by atoms with E-state index in [0.717, 1.165) is 6.07 Å². The van der Waals surface area contributed by atoms with Crippen LogP contribution >= 0.6 is 15.9 Å². The Labute approximate surface area is 92.2 Å². The lowest BCUT2D eigenvalue weighted by atomic mass is 10.1. The number of nitrogens with zero attached hydrogens (tertiary/aromatic N) is 1. The van der Waals surface area contributed by atoms with Crippen molar-refractivity contribution in [1.29, 1.82) is 0 Å². The molecule has 0 bridgehead atoms. The molecule has 7 heteroatoms. The number of hydrogen-bond acceptors (Lipinski definition) is 3. The number of halogens is 3. The average Bonchev–Trinajstić information content (AvgIpc) is 2.09. The molecule has 0 aliphatic carbocycles. The molecule has 3 N–H and O–H groups in total. The summed E-state index contributed by atoms with van der Waals surface area (Å²) in [7, 11) is 0. The number of pyridine rings is 1. The lowest BCUT2D eigenvalue weighted by molar-refractivity contribution is -0.136. The Morgan fingerprint density at radius 2 is 2.27 bits per heavy atom. The third-order valence-electron chi connectivity index (χ3n) is 1.67. The second kappa shape index (κ2) is 4.52. The van der Waals surface area contributed by atoms with Gasteiger partial charge in [0.1, 0.15) is 4.60 Å². The van der Waals surface area contributed by atoms with Gasteiger partial charge in [-0.25, -0.2) is 13.8 Å². The van der Waals surface area contributed by atoms with Crippen molar-refractivity contribution in [2.45, 2.75) is 12.8 Å². The van der Waals surface area contributed by atoms with Crippen molar-refractivity contribution < 1.29 is 18.7 Å². The summed E-state index contributed by atoms with van der Waals surface area (Å²) >= 11 is 2.95. The van der Waals surface area contributed by atoms with E-state index < -0.39 is 24.4 Å². The number of carboxylic acid groups (broad SMARTS) is 1. The summed E-state index contributed by atoms with van der Waals surface area (Å²) in [6.45, 7) is 0. The van der Waals surface area contributed by atoms with Crippen molar-refractivity contribution in [3.8, 4) is 0 Å². The maximum atomic E-state index is 12.5. The highest BCUT2D eigenvalue weighted by Gasteiger charge is 2.18. The monoisotopic (exact) mass is 280 g/mol. The van der Waals surface area contributed by atoms with Crippen LogP contribution in [0.15, 0.2) is 10.7 Å².